The monoisotopic (exact) mass is 320 g/mol. The number of rotatable bonds is 3. The molecule has 4 rings (SSSR count). The second-order valence-electron chi connectivity index (χ2n) is 5.43. The Labute approximate surface area is 138 Å². The summed E-state index contributed by atoms with van der Waals surface area (Å²) in [5.74, 6) is 0.859. The lowest BCUT2D eigenvalue weighted by molar-refractivity contribution is 0.840. The van der Waals surface area contributed by atoms with Crippen LogP contribution in [0.3, 0.4) is 0 Å². The highest BCUT2D eigenvalue weighted by atomic mass is 32.1. The van der Waals surface area contributed by atoms with Crippen LogP contribution in [-0.4, -0.2) is 19.7 Å². The minimum absolute atomic E-state index is 0.859. The van der Waals surface area contributed by atoms with Crippen LogP contribution in [0.25, 0.3) is 26.6 Å². The fourth-order valence-corrected chi connectivity index (χ4v) is 3.79. The molecular formula is C18H16N4S. The zero-order valence-electron chi connectivity index (χ0n) is 13.0. The number of nitrogens with zero attached hydrogens (tertiary/aromatic N) is 4. The summed E-state index contributed by atoms with van der Waals surface area (Å²) in [6.45, 7) is 4.19. The molecule has 23 heavy (non-hydrogen) atoms. The molecule has 4 aromatic rings. The normalized spacial score (nSPS) is 11.2. The third-order valence-electron chi connectivity index (χ3n) is 3.84. The molecule has 0 atom stereocenters. The Hall–Kier alpha value is -2.53. The van der Waals surface area contributed by atoms with Crippen LogP contribution in [0, 0.1) is 6.92 Å². The van der Waals surface area contributed by atoms with Crippen molar-refractivity contribution in [2.24, 2.45) is 0 Å². The molecule has 0 unspecified atom stereocenters. The van der Waals surface area contributed by atoms with Gasteiger partial charge in [0, 0.05) is 11.9 Å². The molecular weight excluding hydrogens is 304 g/mol. The predicted octanol–water partition coefficient (Wildman–Crippen LogP) is 4.41. The SMILES string of the molecule is CCc1cccc(-n2ncc(C)c2-c2cc3ncccc3s2)n1. The Morgan fingerprint density at radius 3 is 2.91 bits per heavy atom. The molecule has 0 aromatic carbocycles. The van der Waals surface area contributed by atoms with Gasteiger partial charge in [-0.05, 0) is 49.2 Å². The number of thiophene rings is 1. The second-order valence-corrected chi connectivity index (χ2v) is 6.51. The summed E-state index contributed by atoms with van der Waals surface area (Å²) in [5, 5.41) is 4.55. The van der Waals surface area contributed by atoms with E-state index in [4.69, 9.17) is 4.98 Å². The van der Waals surface area contributed by atoms with Gasteiger partial charge in [-0.25, -0.2) is 9.67 Å². The Bertz CT molecular complexity index is 951. The molecule has 0 aliphatic heterocycles. The third kappa shape index (κ3) is 2.43. The molecule has 0 aliphatic rings. The summed E-state index contributed by atoms with van der Waals surface area (Å²) in [6.07, 6.45) is 4.64. The molecule has 0 spiro atoms. The number of hydrogen-bond acceptors (Lipinski definition) is 4. The van der Waals surface area contributed by atoms with E-state index in [1.165, 1.54) is 4.70 Å². The van der Waals surface area contributed by atoms with E-state index in [1.807, 2.05) is 41.3 Å². The standard InChI is InChI=1S/C18H16N4S/c1-3-13-6-4-8-17(21-13)22-18(12(2)11-20-22)16-10-14-15(23-16)7-5-9-19-14/h4-11H,3H2,1-2H3. The quantitative estimate of drug-likeness (QED) is 0.561. The Kier molecular flexibility index (Phi) is 3.42. The maximum absolute atomic E-state index is 4.70. The minimum Gasteiger partial charge on any atom is -0.255 e. The van der Waals surface area contributed by atoms with Gasteiger partial charge in [0.15, 0.2) is 5.82 Å². The van der Waals surface area contributed by atoms with E-state index in [9.17, 15) is 0 Å². The number of aryl methyl sites for hydroxylation is 2. The van der Waals surface area contributed by atoms with Gasteiger partial charge in [-0.15, -0.1) is 11.3 Å². The summed E-state index contributed by atoms with van der Waals surface area (Å²) < 4.78 is 3.11. The van der Waals surface area contributed by atoms with Crippen molar-refractivity contribution in [2.45, 2.75) is 20.3 Å². The Morgan fingerprint density at radius 1 is 1.17 bits per heavy atom. The molecule has 0 saturated heterocycles. The van der Waals surface area contributed by atoms with Crippen LogP contribution in [0.5, 0.6) is 0 Å². The maximum atomic E-state index is 4.70. The van der Waals surface area contributed by atoms with Crippen molar-refractivity contribution in [3.63, 3.8) is 0 Å². The summed E-state index contributed by atoms with van der Waals surface area (Å²) in [4.78, 5) is 10.3. The predicted molar refractivity (Wildman–Crippen MR) is 94.1 cm³/mol. The first-order valence-electron chi connectivity index (χ1n) is 7.62. The van der Waals surface area contributed by atoms with Crippen molar-refractivity contribution in [1.29, 1.82) is 0 Å². The number of hydrogen-bond donors (Lipinski definition) is 0. The molecule has 0 N–H and O–H groups in total. The first kappa shape index (κ1) is 14.1. The molecule has 114 valence electrons. The van der Waals surface area contributed by atoms with Gasteiger partial charge in [0.25, 0.3) is 0 Å². The van der Waals surface area contributed by atoms with Gasteiger partial charge in [-0.3, -0.25) is 4.98 Å². The van der Waals surface area contributed by atoms with Gasteiger partial charge >= 0.3 is 0 Å². The van der Waals surface area contributed by atoms with Crippen molar-refractivity contribution in [3.05, 3.63) is 60.0 Å². The Balaban J connectivity index is 1.90. The molecule has 0 saturated carbocycles. The average Bonchev–Trinajstić information content (AvgIpc) is 3.17. The lowest BCUT2D eigenvalue weighted by Crippen LogP contribution is -2.03. The molecule has 0 aliphatic carbocycles. The van der Waals surface area contributed by atoms with Crippen LogP contribution in [-0.2, 0) is 6.42 Å². The molecule has 0 fully saturated rings. The summed E-state index contributed by atoms with van der Waals surface area (Å²) in [5.41, 5.74) is 4.32. The minimum atomic E-state index is 0.859. The summed E-state index contributed by atoms with van der Waals surface area (Å²) in [7, 11) is 0. The second kappa shape index (κ2) is 5.59. The molecule has 0 bridgehead atoms. The van der Waals surface area contributed by atoms with Crippen LogP contribution in [0.2, 0.25) is 0 Å². The van der Waals surface area contributed by atoms with Crippen molar-refractivity contribution in [2.75, 3.05) is 0 Å². The smallest absolute Gasteiger partial charge is 0.154 e. The van der Waals surface area contributed by atoms with Gasteiger partial charge in [-0.2, -0.15) is 5.10 Å². The van der Waals surface area contributed by atoms with Crippen LogP contribution in [0.4, 0.5) is 0 Å². The maximum Gasteiger partial charge on any atom is 0.154 e. The molecule has 4 nitrogen and oxygen atoms in total. The third-order valence-corrected chi connectivity index (χ3v) is 4.94. The first-order chi connectivity index (χ1) is 11.3. The first-order valence-corrected chi connectivity index (χ1v) is 8.44. The van der Waals surface area contributed by atoms with E-state index < -0.39 is 0 Å². The van der Waals surface area contributed by atoms with Crippen molar-refractivity contribution >= 4 is 21.6 Å². The van der Waals surface area contributed by atoms with E-state index in [2.05, 4.69) is 36.1 Å². The molecule has 5 heteroatoms. The van der Waals surface area contributed by atoms with Crippen molar-refractivity contribution < 1.29 is 0 Å². The van der Waals surface area contributed by atoms with Crippen molar-refractivity contribution in [1.82, 2.24) is 19.7 Å². The van der Waals surface area contributed by atoms with Gasteiger partial charge in [0.2, 0.25) is 0 Å². The zero-order chi connectivity index (χ0) is 15.8. The highest BCUT2D eigenvalue weighted by Crippen LogP contribution is 2.35. The highest BCUT2D eigenvalue weighted by Gasteiger charge is 2.15. The van der Waals surface area contributed by atoms with E-state index in [0.717, 1.165) is 39.6 Å². The zero-order valence-corrected chi connectivity index (χ0v) is 13.8. The van der Waals surface area contributed by atoms with Crippen LogP contribution in [0.1, 0.15) is 18.2 Å². The molecule has 4 aromatic heterocycles. The van der Waals surface area contributed by atoms with Crippen LogP contribution in [0.15, 0.2) is 48.8 Å². The van der Waals surface area contributed by atoms with Crippen LogP contribution >= 0.6 is 11.3 Å². The highest BCUT2D eigenvalue weighted by molar-refractivity contribution is 7.22. The lowest BCUT2D eigenvalue weighted by Gasteiger charge is -2.07. The fraction of sp³-hybridized carbons (Fsp3) is 0.167. The molecule has 4 heterocycles. The molecule has 0 amide bonds. The number of fused-ring (bicyclic) bond motifs is 1. The van der Waals surface area contributed by atoms with Crippen molar-refractivity contribution in [3.8, 4) is 16.4 Å². The van der Waals surface area contributed by atoms with E-state index in [-0.39, 0.29) is 0 Å². The lowest BCUT2D eigenvalue weighted by atomic mass is 10.2. The van der Waals surface area contributed by atoms with Gasteiger partial charge < -0.3 is 0 Å². The Morgan fingerprint density at radius 2 is 2.09 bits per heavy atom. The number of aromatic nitrogens is 4. The van der Waals surface area contributed by atoms with Gasteiger partial charge in [-0.1, -0.05) is 13.0 Å². The average molecular weight is 320 g/mol. The van der Waals surface area contributed by atoms with E-state index in [0.29, 0.717) is 0 Å². The topological polar surface area (TPSA) is 43.6 Å². The van der Waals surface area contributed by atoms with E-state index in [1.54, 1.807) is 11.3 Å². The molecule has 0 radical (unpaired) electrons. The largest absolute Gasteiger partial charge is 0.255 e. The summed E-state index contributed by atoms with van der Waals surface area (Å²) >= 11 is 1.74. The van der Waals surface area contributed by atoms with Crippen LogP contribution < -0.4 is 0 Å². The number of pyridine rings is 2. The van der Waals surface area contributed by atoms with Gasteiger partial charge in [0.1, 0.15) is 0 Å². The fourth-order valence-electron chi connectivity index (χ4n) is 2.67. The van der Waals surface area contributed by atoms with Gasteiger partial charge in [0.05, 0.1) is 27.0 Å². The summed E-state index contributed by atoms with van der Waals surface area (Å²) in [6, 6.07) is 12.3. The van der Waals surface area contributed by atoms with E-state index >= 15 is 0 Å².